The first-order chi connectivity index (χ1) is 19.9. The van der Waals surface area contributed by atoms with E-state index < -0.39 is 6.04 Å². The van der Waals surface area contributed by atoms with Crippen LogP contribution in [0.4, 0.5) is 0 Å². The number of hydrogen-bond acceptors (Lipinski definition) is 4. The Balaban J connectivity index is 1.40. The lowest BCUT2D eigenvalue weighted by Crippen LogP contribution is -2.46. The van der Waals surface area contributed by atoms with Crippen molar-refractivity contribution in [2.24, 2.45) is 13.0 Å². The molecule has 0 aliphatic carbocycles. The predicted molar refractivity (Wildman–Crippen MR) is 158 cm³/mol. The molecular formula is C34H35N3O4. The second-order valence-electron chi connectivity index (χ2n) is 11.0. The van der Waals surface area contributed by atoms with E-state index in [0.717, 1.165) is 33.3 Å². The second kappa shape index (κ2) is 10.9. The van der Waals surface area contributed by atoms with Crippen molar-refractivity contribution in [1.29, 1.82) is 0 Å². The molecule has 2 aliphatic rings. The largest absolute Gasteiger partial charge is 0.466 e. The van der Waals surface area contributed by atoms with Crippen molar-refractivity contribution in [3.05, 3.63) is 95.1 Å². The molecule has 41 heavy (non-hydrogen) atoms. The first-order valence-electron chi connectivity index (χ1n) is 14.4. The Labute approximate surface area is 240 Å². The zero-order chi connectivity index (χ0) is 28.7. The number of esters is 1. The van der Waals surface area contributed by atoms with Gasteiger partial charge in [-0.25, -0.2) is 0 Å². The number of fused-ring (bicyclic) bond motifs is 2. The predicted octanol–water partition coefficient (Wildman–Crippen LogP) is 5.50. The maximum absolute atomic E-state index is 13.9. The van der Waals surface area contributed by atoms with Gasteiger partial charge in [0, 0.05) is 42.2 Å². The van der Waals surface area contributed by atoms with Gasteiger partial charge in [0.05, 0.1) is 24.3 Å². The summed E-state index contributed by atoms with van der Waals surface area (Å²) in [5, 5.41) is 1.06. The van der Waals surface area contributed by atoms with Crippen LogP contribution in [0.3, 0.4) is 0 Å². The fourth-order valence-electron chi connectivity index (χ4n) is 6.47. The van der Waals surface area contributed by atoms with Crippen molar-refractivity contribution in [3.63, 3.8) is 0 Å². The molecule has 2 amide bonds. The number of ether oxygens (including phenoxy) is 1. The number of benzene rings is 3. The van der Waals surface area contributed by atoms with Gasteiger partial charge in [0.25, 0.3) is 5.91 Å². The van der Waals surface area contributed by atoms with Crippen LogP contribution in [0.15, 0.2) is 72.8 Å². The molecule has 4 aromatic rings. The molecule has 1 aromatic heterocycles. The first kappa shape index (κ1) is 26.8. The molecule has 6 rings (SSSR count). The molecule has 0 saturated carbocycles. The number of hydrogen-bond donors (Lipinski definition) is 0. The quantitative estimate of drug-likeness (QED) is 0.298. The van der Waals surface area contributed by atoms with Crippen molar-refractivity contribution >= 4 is 28.7 Å². The normalized spacial score (nSPS) is 17.2. The molecular weight excluding hydrogens is 514 g/mol. The fraction of sp³-hybridized carbons (Fsp3) is 0.324. The molecule has 7 heteroatoms. The number of amides is 2. The number of piperidine rings is 1. The van der Waals surface area contributed by atoms with Gasteiger partial charge >= 0.3 is 5.97 Å². The topological polar surface area (TPSA) is 71.8 Å². The fourth-order valence-corrected chi connectivity index (χ4v) is 6.47. The molecule has 0 radical (unpaired) electrons. The van der Waals surface area contributed by atoms with Crippen LogP contribution in [-0.4, -0.2) is 58.4 Å². The molecule has 0 bridgehead atoms. The van der Waals surface area contributed by atoms with E-state index in [1.54, 1.807) is 16.7 Å². The van der Waals surface area contributed by atoms with Crippen LogP contribution in [0.1, 0.15) is 52.9 Å². The van der Waals surface area contributed by atoms with Crippen LogP contribution in [0.5, 0.6) is 0 Å². The first-order valence-corrected chi connectivity index (χ1v) is 14.4. The summed E-state index contributed by atoms with van der Waals surface area (Å²) in [6, 6.07) is 24.0. The Morgan fingerprint density at radius 1 is 0.927 bits per heavy atom. The highest BCUT2D eigenvalue weighted by atomic mass is 16.5. The van der Waals surface area contributed by atoms with Gasteiger partial charge in [0.1, 0.15) is 6.54 Å². The van der Waals surface area contributed by atoms with E-state index in [1.165, 1.54) is 5.56 Å². The Bertz CT molecular complexity index is 1630. The summed E-state index contributed by atoms with van der Waals surface area (Å²) < 4.78 is 7.39. The Kier molecular flexibility index (Phi) is 7.12. The number of aryl methyl sites for hydroxylation is 2. The number of likely N-dealkylation sites (tertiary alicyclic amines) is 1. The summed E-state index contributed by atoms with van der Waals surface area (Å²) in [6.07, 6.45) is 1.14. The average molecular weight is 550 g/mol. The summed E-state index contributed by atoms with van der Waals surface area (Å²) in [7, 11) is 2.06. The molecule has 0 N–H and O–H groups in total. The molecule has 1 fully saturated rings. The van der Waals surface area contributed by atoms with Gasteiger partial charge < -0.3 is 19.1 Å². The van der Waals surface area contributed by atoms with Gasteiger partial charge in [0.2, 0.25) is 5.91 Å². The monoisotopic (exact) mass is 549 g/mol. The van der Waals surface area contributed by atoms with Crippen molar-refractivity contribution in [2.75, 3.05) is 26.2 Å². The lowest BCUT2D eigenvalue weighted by molar-refractivity contribution is -0.151. The molecule has 7 nitrogen and oxygen atoms in total. The van der Waals surface area contributed by atoms with Crippen LogP contribution < -0.4 is 0 Å². The number of aromatic nitrogens is 1. The summed E-state index contributed by atoms with van der Waals surface area (Å²) in [5.41, 5.74) is 6.92. The van der Waals surface area contributed by atoms with E-state index in [-0.39, 0.29) is 30.2 Å². The summed E-state index contributed by atoms with van der Waals surface area (Å²) in [4.78, 5) is 43.4. The third-order valence-electron chi connectivity index (χ3n) is 8.58. The maximum atomic E-state index is 13.9. The van der Waals surface area contributed by atoms with Crippen LogP contribution >= 0.6 is 0 Å². The maximum Gasteiger partial charge on any atom is 0.309 e. The standard InChI is InChI=1S/C34H35N3O4/c1-4-41-34(40)24-17-19-36(20-18-24)29(38)21-37-32(25-9-5-6-10-26(25)33(37)39)30-27-11-7-8-12-28(27)35(3)31(30)23-15-13-22(2)14-16-23/h5-16,24,32H,4,17-21H2,1-3H3. The van der Waals surface area contributed by atoms with E-state index >= 15 is 0 Å². The highest BCUT2D eigenvalue weighted by molar-refractivity contribution is 6.04. The van der Waals surface area contributed by atoms with E-state index in [0.29, 0.717) is 38.1 Å². The molecule has 210 valence electrons. The van der Waals surface area contributed by atoms with E-state index in [1.807, 2.05) is 36.4 Å². The van der Waals surface area contributed by atoms with E-state index in [2.05, 4.69) is 54.9 Å². The molecule has 1 unspecified atom stereocenters. The van der Waals surface area contributed by atoms with E-state index in [4.69, 9.17) is 4.74 Å². The Hall–Kier alpha value is -4.39. The second-order valence-corrected chi connectivity index (χ2v) is 11.0. The highest BCUT2D eigenvalue weighted by Gasteiger charge is 2.42. The van der Waals surface area contributed by atoms with Crippen LogP contribution in [0.2, 0.25) is 0 Å². The number of rotatable bonds is 6. The molecule has 2 aliphatic heterocycles. The minimum absolute atomic E-state index is 0.0290. The van der Waals surface area contributed by atoms with Crippen LogP contribution in [0.25, 0.3) is 22.2 Å². The van der Waals surface area contributed by atoms with Gasteiger partial charge in [-0.2, -0.15) is 0 Å². The molecule has 3 aromatic carbocycles. The molecule has 3 heterocycles. The minimum atomic E-state index is -0.415. The Morgan fingerprint density at radius 2 is 1.61 bits per heavy atom. The number of carbonyl (C=O) groups is 3. The number of carbonyl (C=O) groups excluding carboxylic acids is 3. The number of para-hydroxylation sites is 1. The highest BCUT2D eigenvalue weighted by Crippen LogP contribution is 2.46. The zero-order valence-electron chi connectivity index (χ0n) is 23.8. The average Bonchev–Trinajstić information content (AvgIpc) is 3.44. The zero-order valence-corrected chi connectivity index (χ0v) is 23.8. The third kappa shape index (κ3) is 4.69. The molecule has 1 saturated heterocycles. The summed E-state index contributed by atoms with van der Waals surface area (Å²) >= 11 is 0. The SMILES string of the molecule is CCOC(=O)C1CCN(C(=O)CN2C(=O)c3ccccc3C2c2c(-c3ccc(C)cc3)n(C)c3ccccc23)CC1. The molecule has 0 spiro atoms. The molecule has 1 atom stereocenters. The van der Waals surface area contributed by atoms with E-state index in [9.17, 15) is 14.4 Å². The lowest BCUT2D eigenvalue weighted by Gasteiger charge is -2.33. The van der Waals surface area contributed by atoms with Gasteiger partial charge in [-0.15, -0.1) is 0 Å². The van der Waals surface area contributed by atoms with Crippen molar-refractivity contribution in [2.45, 2.75) is 32.7 Å². The van der Waals surface area contributed by atoms with Crippen LogP contribution in [0, 0.1) is 12.8 Å². The Morgan fingerprint density at radius 3 is 2.34 bits per heavy atom. The third-order valence-corrected chi connectivity index (χ3v) is 8.58. The minimum Gasteiger partial charge on any atom is -0.466 e. The van der Waals surface area contributed by atoms with Gasteiger partial charge in [0.15, 0.2) is 0 Å². The van der Waals surface area contributed by atoms with Gasteiger partial charge in [-0.1, -0.05) is 66.2 Å². The summed E-state index contributed by atoms with van der Waals surface area (Å²) in [6.45, 7) is 5.16. The van der Waals surface area contributed by atoms with Crippen molar-refractivity contribution < 1.29 is 19.1 Å². The summed E-state index contributed by atoms with van der Waals surface area (Å²) in [5.74, 6) is -0.611. The smallest absolute Gasteiger partial charge is 0.309 e. The number of nitrogens with zero attached hydrogens (tertiary/aromatic N) is 3. The lowest BCUT2D eigenvalue weighted by atomic mass is 9.93. The van der Waals surface area contributed by atoms with Gasteiger partial charge in [-0.3, -0.25) is 14.4 Å². The van der Waals surface area contributed by atoms with Crippen molar-refractivity contribution in [1.82, 2.24) is 14.4 Å². The van der Waals surface area contributed by atoms with Crippen LogP contribution in [-0.2, 0) is 21.4 Å². The van der Waals surface area contributed by atoms with Gasteiger partial charge in [-0.05, 0) is 49.9 Å². The van der Waals surface area contributed by atoms with Crippen molar-refractivity contribution in [3.8, 4) is 11.3 Å².